The second kappa shape index (κ2) is 8.31. The van der Waals surface area contributed by atoms with Gasteiger partial charge in [-0.3, -0.25) is 0 Å². The number of rotatable bonds is 0. The zero-order valence-electron chi connectivity index (χ0n) is 25.8. The Hall–Kier alpha value is 1.10. The molecule has 5 aliphatic rings. The van der Waals surface area contributed by atoms with E-state index in [2.05, 4.69) is 83.1 Å². The summed E-state index contributed by atoms with van der Waals surface area (Å²) in [4.78, 5) is 0. The van der Waals surface area contributed by atoms with Crippen LogP contribution < -0.4 is 0 Å². The molecule has 0 nitrogen and oxygen atoms in total. The van der Waals surface area contributed by atoms with Crippen molar-refractivity contribution in [2.75, 3.05) is 0 Å². The second-order valence-electron chi connectivity index (χ2n) is 17.7. The largest absolute Gasteiger partial charge is 0.301 e. The van der Waals surface area contributed by atoms with Gasteiger partial charge in [-0.1, -0.05) is 120 Å². The summed E-state index contributed by atoms with van der Waals surface area (Å²) in [6, 6.07) is 0. The minimum Gasteiger partial charge on any atom is -0.301 e. The van der Waals surface area contributed by atoms with Gasteiger partial charge in [0.2, 0.25) is 0 Å². The van der Waals surface area contributed by atoms with Crippen LogP contribution in [-0.4, -0.2) is 0 Å². The molecule has 5 fully saturated rings. The van der Waals surface area contributed by atoms with Crippen LogP contribution in [-0.2, 0) is 32.7 Å². The molecule has 3 unspecified atom stereocenters. The molecule has 5 aliphatic carbocycles. The molecule has 0 heterocycles. The van der Waals surface area contributed by atoms with E-state index in [1.54, 1.807) is 0 Å². The third-order valence-electron chi connectivity index (χ3n) is 15.1. The molecular formula is C34H59Y-. The maximum Gasteiger partial charge on any atom is 0 e. The zero-order chi connectivity index (χ0) is 25.3. The van der Waals surface area contributed by atoms with Crippen LogP contribution in [0.25, 0.3) is 0 Å². The van der Waals surface area contributed by atoms with Crippen LogP contribution in [0.1, 0.15) is 141 Å². The molecule has 0 saturated heterocycles. The summed E-state index contributed by atoms with van der Waals surface area (Å²) in [6.07, 6.45) is 13.0. The standard InChI is InChI=1S/C34H59.Y/c1-22-19-26-31(9)15-13-23(2)30(7,8)25(31)14-16-33(26,11)34(12)18-17-32(10)24(27(22)34)20-28(3,4)21-29(32,5)6;/h22-26H,13-21H2,1-12H3;/q-1;/t22?,23-,24-,25?,26?,31-,32+,33+,34+;/m0./s1. The van der Waals surface area contributed by atoms with Crippen molar-refractivity contribution >= 4 is 0 Å². The molecule has 0 bridgehead atoms. The molecule has 5 saturated carbocycles. The van der Waals surface area contributed by atoms with Gasteiger partial charge in [-0.15, -0.1) is 5.41 Å². The molecule has 0 N–H and O–H groups in total. The third-order valence-corrected chi connectivity index (χ3v) is 15.1. The molecule has 35 heavy (non-hydrogen) atoms. The van der Waals surface area contributed by atoms with E-state index in [-0.39, 0.29) is 32.7 Å². The fourth-order valence-electron chi connectivity index (χ4n) is 12.6. The zero-order valence-corrected chi connectivity index (χ0v) is 28.7. The van der Waals surface area contributed by atoms with E-state index in [0.29, 0.717) is 37.9 Å². The average Bonchev–Trinajstić information content (AvgIpc) is 2.68. The van der Waals surface area contributed by atoms with Gasteiger partial charge in [0.15, 0.2) is 0 Å². The van der Waals surface area contributed by atoms with Gasteiger partial charge in [-0.05, 0) is 71.5 Å². The Morgan fingerprint density at radius 2 is 1.31 bits per heavy atom. The van der Waals surface area contributed by atoms with Gasteiger partial charge in [0.1, 0.15) is 0 Å². The van der Waals surface area contributed by atoms with Gasteiger partial charge in [-0.2, -0.15) is 11.8 Å². The van der Waals surface area contributed by atoms with Gasteiger partial charge in [0.05, 0.1) is 0 Å². The first kappa shape index (κ1) is 29.1. The molecule has 0 aliphatic heterocycles. The summed E-state index contributed by atoms with van der Waals surface area (Å²) < 4.78 is 0. The molecule has 199 valence electrons. The van der Waals surface area contributed by atoms with Crippen molar-refractivity contribution in [2.24, 2.45) is 67.5 Å². The predicted molar refractivity (Wildman–Crippen MR) is 147 cm³/mol. The fourth-order valence-corrected chi connectivity index (χ4v) is 12.6. The van der Waals surface area contributed by atoms with Crippen molar-refractivity contribution in [2.45, 2.75) is 141 Å². The maximum atomic E-state index is 2.80. The first-order valence-electron chi connectivity index (χ1n) is 15.2. The Balaban J connectivity index is 0.00000289. The van der Waals surface area contributed by atoms with Crippen LogP contribution in [0.5, 0.6) is 0 Å². The van der Waals surface area contributed by atoms with E-state index in [0.717, 1.165) is 29.6 Å². The molecule has 0 aromatic carbocycles. The van der Waals surface area contributed by atoms with Crippen molar-refractivity contribution < 1.29 is 32.7 Å². The monoisotopic (exact) mass is 556 g/mol. The Morgan fingerprint density at radius 1 is 0.686 bits per heavy atom. The van der Waals surface area contributed by atoms with Crippen LogP contribution in [0.4, 0.5) is 0 Å². The van der Waals surface area contributed by atoms with Crippen molar-refractivity contribution in [3.63, 3.8) is 0 Å². The molecular weight excluding hydrogens is 497 g/mol. The first-order chi connectivity index (χ1) is 15.4. The Bertz CT molecular complexity index is 838. The molecule has 0 spiro atoms. The van der Waals surface area contributed by atoms with Crippen molar-refractivity contribution in [3.05, 3.63) is 5.92 Å². The Morgan fingerprint density at radius 3 is 1.94 bits per heavy atom. The van der Waals surface area contributed by atoms with E-state index in [1.807, 2.05) is 5.92 Å². The van der Waals surface area contributed by atoms with Crippen LogP contribution in [0.2, 0.25) is 0 Å². The van der Waals surface area contributed by atoms with E-state index in [1.165, 1.54) is 57.8 Å². The van der Waals surface area contributed by atoms with Crippen molar-refractivity contribution in [3.8, 4) is 0 Å². The van der Waals surface area contributed by atoms with Gasteiger partial charge >= 0.3 is 0 Å². The topological polar surface area (TPSA) is 0 Å². The molecule has 0 aromatic heterocycles. The van der Waals surface area contributed by atoms with E-state index in [9.17, 15) is 0 Å². The van der Waals surface area contributed by atoms with Crippen LogP contribution in [0.15, 0.2) is 0 Å². The minimum absolute atomic E-state index is 0. The predicted octanol–water partition coefficient (Wildman–Crippen LogP) is 10.4. The normalized spacial score (nSPS) is 54.3. The molecule has 0 aromatic rings. The maximum absolute atomic E-state index is 2.80. The third kappa shape index (κ3) is 3.62. The minimum atomic E-state index is 0. The summed E-state index contributed by atoms with van der Waals surface area (Å²) in [5.41, 5.74) is 3.27. The van der Waals surface area contributed by atoms with Crippen molar-refractivity contribution in [1.82, 2.24) is 0 Å². The number of hydrogen-bond donors (Lipinski definition) is 0. The van der Waals surface area contributed by atoms with Crippen LogP contribution in [0, 0.1) is 73.4 Å². The summed E-state index contributed by atoms with van der Waals surface area (Å²) in [7, 11) is 0. The summed E-state index contributed by atoms with van der Waals surface area (Å²) in [6.45, 7) is 32.0. The second-order valence-corrected chi connectivity index (χ2v) is 17.7. The van der Waals surface area contributed by atoms with Crippen molar-refractivity contribution in [1.29, 1.82) is 0 Å². The molecule has 9 atom stereocenters. The van der Waals surface area contributed by atoms with Gasteiger partial charge < -0.3 is 5.92 Å². The summed E-state index contributed by atoms with van der Waals surface area (Å²) >= 11 is 0. The Kier molecular flexibility index (Phi) is 6.91. The summed E-state index contributed by atoms with van der Waals surface area (Å²) in [5, 5.41) is 0. The Labute approximate surface area is 245 Å². The smallest absolute Gasteiger partial charge is 0 e. The average molecular weight is 557 g/mol. The molecule has 1 heteroatoms. The first-order valence-corrected chi connectivity index (χ1v) is 15.2. The molecule has 1 radical (unpaired) electrons. The van der Waals surface area contributed by atoms with Crippen LogP contribution in [0.3, 0.4) is 0 Å². The number of fused-ring (bicyclic) bond motifs is 7. The fraction of sp³-hybridized carbons (Fsp3) is 0.971. The summed E-state index contributed by atoms with van der Waals surface area (Å²) in [5.74, 6) is 6.31. The van der Waals surface area contributed by atoms with Gasteiger partial charge in [0.25, 0.3) is 0 Å². The molecule has 0 amide bonds. The van der Waals surface area contributed by atoms with E-state index in [4.69, 9.17) is 0 Å². The SMILES string of the molecule is CC1CC2[C@@]3(C)CC[C@H](C)C(C)(C)C3CC[C@@]2(C)[C@]2(C)CC[C@]3(C)[C@@H](CC(C)(C)CC3(C)C)[C-]12.[Y]. The van der Waals surface area contributed by atoms with Gasteiger partial charge in [-0.25, -0.2) is 0 Å². The van der Waals surface area contributed by atoms with Gasteiger partial charge in [0, 0.05) is 32.7 Å². The van der Waals surface area contributed by atoms with E-state index >= 15 is 0 Å². The van der Waals surface area contributed by atoms with E-state index < -0.39 is 0 Å². The number of hydrogen-bond acceptors (Lipinski definition) is 0. The molecule has 5 rings (SSSR count). The quantitative estimate of drug-likeness (QED) is 0.260. The van der Waals surface area contributed by atoms with Crippen LogP contribution >= 0.6 is 0 Å².